The highest BCUT2D eigenvalue weighted by Crippen LogP contribution is 2.29. The molecule has 0 saturated heterocycles. The summed E-state index contributed by atoms with van der Waals surface area (Å²) in [4.78, 5) is 34.1. The summed E-state index contributed by atoms with van der Waals surface area (Å²) in [6.07, 6.45) is 3.07. The number of hydrogen-bond acceptors (Lipinski definition) is 6. The number of rotatable bonds is 3. The average molecular weight is 414 g/mol. The molecule has 0 aliphatic carbocycles. The Morgan fingerprint density at radius 3 is 2.93 bits per heavy atom. The third kappa shape index (κ3) is 3.35. The van der Waals surface area contributed by atoms with Crippen molar-refractivity contribution in [2.24, 2.45) is 4.99 Å². The van der Waals surface area contributed by atoms with Gasteiger partial charge in [0.2, 0.25) is 0 Å². The summed E-state index contributed by atoms with van der Waals surface area (Å²) in [5.41, 5.74) is 0.614. The minimum Gasteiger partial charge on any atom is -0.421 e. The molecule has 1 aromatic heterocycles. The fraction of sp³-hybridized carbons (Fsp3) is 0.0526. The largest absolute Gasteiger partial charge is 0.421 e. The fourth-order valence-electron chi connectivity index (χ4n) is 2.60. The molecule has 0 spiro atoms. The molecule has 1 aromatic carbocycles. The van der Waals surface area contributed by atoms with Crippen molar-refractivity contribution in [1.29, 1.82) is 5.41 Å². The number of ether oxygens (including phenoxy) is 1. The van der Waals surface area contributed by atoms with Gasteiger partial charge in [0.25, 0.3) is 5.91 Å². The number of aliphatic imine (C=N–C) groups is 1. The number of halogens is 1. The minimum atomic E-state index is -0.546. The van der Waals surface area contributed by atoms with E-state index < -0.39 is 11.9 Å². The van der Waals surface area contributed by atoms with Crippen molar-refractivity contribution >= 4 is 52.6 Å². The van der Waals surface area contributed by atoms with E-state index in [1.165, 1.54) is 28.5 Å². The van der Waals surface area contributed by atoms with Crippen molar-refractivity contribution in [2.75, 3.05) is 0 Å². The van der Waals surface area contributed by atoms with Crippen LogP contribution in [0.3, 0.4) is 0 Å². The van der Waals surface area contributed by atoms with Gasteiger partial charge in [0.1, 0.15) is 16.4 Å². The molecule has 7 nitrogen and oxygen atoms in total. The van der Waals surface area contributed by atoms with Crippen LogP contribution in [0.4, 0.5) is 0 Å². The average Bonchev–Trinajstić information content (AvgIpc) is 3.30. The van der Waals surface area contributed by atoms with Gasteiger partial charge in [-0.15, -0.1) is 16.4 Å². The monoisotopic (exact) mass is 413 g/mol. The molecule has 1 N–H and O–H groups in total. The molecule has 4 rings (SSSR count). The van der Waals surface area contributed by atoms with Gasteiger partial charge in [0.15, 0.2) is 11.7 Å². The van der Waals surface area contributed by atoms with E-state index in [1.54, 1.807) is 42.6 Å². The van der Waals surface area contributed by atoms with Crippen LogP contribution in [-0.2, 0) is 9.63 Å². The van der Waals surface area contributed by atoms with E-state index in [2.05, 4.69) is 4.99 Å². The highest BCUT2D eigenvalue weighted by Gasteiger charge is 2.34. The van der Waals surface area contributed by atoms with E-state index in [0.29, 0.717) is 16.2 Å². The lowest BCUT2D eigenvalue weighted by Crippen LogP contribution is -2.38. The van der Waals surface area contributed by atoms with Crippen LogP contribution >= 0.6 is 22.9 Å². The van der Waals surface area contributed by atoms with Gasteiger partial charge in [0, 0.05) is 6.08 Å². The van der Waals surface area contributed by atoms with E-state index in [1.807, 2.05) is 0 Å². The Bertz CT molecular complexity index is 1100. The summed E-state index contributed by atoms with van der Waals surface area (Å²) in [5.74, 6) is -0.142. The van der Waals surface area contributed by atoms with Crippen molar-refractivity contribution in [1.82, 2.24) is 5.06 Å². The zero-order valence-electron chi connectivity index (χ0n) is 14.4. The maximum Gasteiger partial charge on any atom is 0.353 e. The Morgan fingerprint density at radius 1 is 1.39 bits per heavy atom. The van der Waals surface area contributed by atoms with E-state index in [-0.39, 0.29) is 28.0 Å². The van der Waals surface area contributed by atoms with Gasteiger partial charge in [-0.3, -0.25) is 10.2 Å². The van der Waals surface area contributed by atoms with Crippen LogP contribution in [-0.4, -0.2) is 28.6 Å². The molecule has 140 valence electrons. The topological polar surface area (TPSA) is 92.0 Å². The zero-order valence-corrected chi connectivity index (χ0v) is 16.0. The summed E-state index contributed by atoms with van der Waals surface area (Å²) in [5, 5.41) is 11.4. The summed E-state index contributed by atoms with van der Waals surface area (Å²) >= 11 is 7.49. The second-order valence-corrected chi connectivity index (χ2v) is 7.23. The molecule has 1 amide bonds. The number of carbonyl (C=O) groups is 2. The number of fused-ring (bicyclic) bond motifs is 1. The van der Waals surface area contributed by atoms with Crippen LogP contribution in [0.15, 0.2) is 58.1 Å². The highest BCUT2D eigenvalue weighted by molar-refractivity contribution is 7.12. The van der Waals surface area contributed by atoms with Crippen LogP contribution in [0.1, 0.15) is 22.2 Å². The number of amidine groups is 2. The number of hydroxylamine groups is 2. The van der Waals surface area contributed by atoms with E-state index >= 15 is 0 Å². The number of nitrogens with zero attached hydrogens (tertiary/aromatic N) is 2. The fourth-order valence-corrected chi connectivity index (χ4v) is 3.43. The van der Waals surface area contributed by atoms with Gasteiger partial charge in [-0.1, -0.05) is 23.7 Å². The van der Waals surface area contributed by atoms with Crippen molar-refractivity contribution in [3.05, 3.63) is 68.6 Å². The lowest BCUT2D eigenvalue weighted by atomic mass is 10.1. The van der Waals surface area contributed by atoms with Crippen molar-refractivity contribution in [3.8, 4) is 5.75 Å². The number of nitrogens with one attached hydrogen (secondary N) is 1. The molecule has 0 bridgehead atoms. The van der Waals surface area contributed by atoms with Crippen LogP contribution < -0.4 is 4.74 Å². The van der Waals surface area contributed by atoms with Gasteiger partial charge in [0.05, 0.1) is 10.6 Å². The lowest BCUT2D eigenvalue weighted by molar-refractivity contribution is -0.114. The molecular formula is C19H12ClN3O4S. The molecule has 0 radical (unpaired) electrons. The number of allylic oxidation sites excluding steroid dienone is 1. The molecule has 2 aromatic rings. The summed E-state index contributed by atoms with van der Waals surface area (Å²) in [7, 11) is 0. The van der Waals surface area contributed by atoms with Crippen LogP contribution in [0.5, 0.6) is 5.75 Å². The molecule has 2 aliphatic rings. The molecular weight excluding hydrogens is 402 g/mol. The Hall–Kier alpha value is -3.23. The number of thiophene rings is 1. The van der Waals surface area contributed by atoms with Crippen molar-refractivity contribution in [2.45, 2.75) is 6.92 Å². The third-order valence-corrected chi connectivity index (χ3v) is 5.02. The summed E-state index contributed by atoms with van der Waals surface area (Å²) in [6.45, 7) is 1.71. The minimum absolute atomic E-state index is 0.0613. The normalized spacial score (nSPS) is 17.2. The summed E-state index contributed by atoms with van der Waals surface area (Å²) < 4.78 is 5.30. The van der Waals surface area contributed by atoms with Crippen molar-refractivity contribution < 1.29 is 19.2 Å². The van der Waals surface area contributed by atoms with Crippen LogP contribution in [0, 0.1) is 5.41 Å². The van der Waals surface area contributed by atoms with E-state index in [0.717, 1.165) is 0 Å². The smallest absolute Gasteiger partial charge is 0.353 e. The predicted octanol–water partition coefficient (Wildman–Crippen LogP) is 4.07. The Kier molecular flexibility index (Phi) is 4.58. The Balaban J connectivity index is 1.57. The van der Waals surface area contributed by atoms with Gasteiger partial charge < -0.3 is 9.57 Å². The molecule has 28 heavy (non-hydrogen) atoms. The maximum absolute atomic E-state index is 12.3. The molecule has 0 unspecified atom stereocenters. The van der Waals surface area contributed by atoms with Crippen molar-refractivity contribution in [3.63, 3.8) is 0 Å². The number of benzene rings is 1. The second kappa shape index (κ2) is 7.06. The first-order chi connectivity index (χ1) is 13.4. The first-order valence-corrected chi connectivity index (χ1v) is 9.33. The second-order valence-electron chi connectivity index (χ2n) is 5.88. The van der Waals surface area contributed by atoms with Crippen LogP contribution in [0.25, 0.3) is 6.08 Å². The first kappa shape index (κ1) is 18.1. The standard InChI is InChI=1S/C19H12ClN3O4S/c1-10-7-16-22-18(24)12(17(21)23(16)27-10)8-11-4-5-14(13(20)9-11)26-19(25)15-3-2-6-28-15/h2-9,21H,1H3/b12-8+,21-17?. The molecule has 0 saturated carbocycles. The van der Waals surface area contributed by atoms with Gasteiger partial charge in [-0.2, -0.15) is 4.99 Å². The summed E-state index contributed by atoms with van der Waals surface area (Å²) in [6, 6.07) is 8.11. The first-order valence-electron chi connectivity index (χ1n) is 8.07. The number of esters is 1. The molecule has 9 heteroatoms. The Labute approximate surface area is 168 Å². The number of amides is 1. The number of carbonyl (C=O) groups excluding carboxylic acids is 2. The number of hydrogen-bond donors (Lipinski definition) is 1. The van der Waals surface area contributed by atoms with E-state index in [9.17, 15) is 9.59 Å². The van der Waals surface area contributed by atoms with Gasteiger partial charge >= 0.3 is 5.97 Å². The van der Waals surface area contributed by atoms with E-state index in [4.69, 9.17) is 26.6 Å². The molecule has 2 aliphatic heterocycles. The Morgan fingerprint density at radius 2 is 2.21 bits per heavy atom. The highest BCUT2D eigenvalue weighted by atomic mass is 35.5. The molecule has 0 fully saturated rings. The quantitative estimate of drug-likeness (QED) is 0.465. The SMILES string of the molecule is CC1=CC2=NC(=O)/C(=C/c3ccc(OC(=O)c4cccs4)c(Cl)c3)C(=N)N2O1. The molecule has 0 atom stereocenters. The van der Waals surface area contributed by atoms with Crippen LogP contribution in [0.2, 0.25) is 5.02 Å². The lowest BCUT2D eigenvalue weighted by Gasteiger charge is -2.23. The maximum atomic E-state index is 12.3. The third-order valence-electron chi connectivity index (χ3n) is 3.87. The van der Waals surface area contributed by atoms with Gasteiger partial charge in [-0.05, 0) is 42.1 Å². The zero-order chi connectivity index (χ0) is 19.8. The predicted molar refractivity (Wildman–Crippen MR) is 106 cm³/mol. The van der Waals surface area contributed by atoms with Gasteiger partial charge in [-0.25, -0.2) is 4.79 Å². The molecule has 3 heterocycles.